The fraction of sp³-hybridized carbons (Fsp3) is 0.750. The normalized spacial score (nSPS) is 11.6. The third kappa shape index (κ3) is 3.49. The third-order valence-electron chi connectivity index (χ3n) is 1.64. The Bertz CT molecular complexity index is 123. The molecule has 0 aromatic heterocycles. The highest BCUT2D eigenvalue weighted by atomic mass is 28.4. The van der Waals surface area contributed by atoms with Gasteiger partial charge in [0.15, 0.2) is 0 Å². The lowest BCUT2D eigenvalue weighted by molar-refractivity contribution is 0.104. The van der Waals surface area contributed by atoms with Gasteiger partial charge in [-0.3, -0.25) is 0 Å². The molecular weight excluding hydrogens is 172 g/mol. The Kier molecular flexibility index (Phi) is 6.28. The highest BCUT2D eigenvalue weighted by Gasteiger charge is 2.37. The quantitative estimate of drug-likeness (QED) is 0.453. The summed E-state index contributed by atoms with van der Waals surface area (Å²) in [7, 11) is 0.931. The molecule has 0 saturated carbocycles. The molecule has 3 nitrogen and oxygen atoms in total. The molecule has 0 bridgehead atoms. The van der Waals surface area contributed by atoms with E-state index in [1.165, 1.54) is 0 Å². The maximum atomic E-state index is 5.48. The van der Waals surface area contributed by atoms with Crippen LogP contribution >= 0.6 is 0 Å². The van der Waals surface area contributed by atoms with Gasteiger partial charge in [0.05, 0.1) is 0 Å². The Balaban J connectivity index is 4.03. The molecule has 12 heavy (non-hydrogen) atoms. The lowest BCUT2D eigenvalue weighted by atomic mass is 10.5. The number of hydrogen-bond acceptors (Lipinski definition) is 3. The third-order valence-corrected chi connectivity index (χ3v) is 4.51. The van der Waals surface area contributed by atoms with E-state index in [0.29, 0.717) is 6.61 Å². The van der Waals surface area contributed by atoms with Crippen LogP contribution < -0.4 is 0 Å². The standard InChI is InChI=1S/C8H18O3Si/c1-5-7-8-12(9-3,10-4)11-6-2/h5H,1,6-8H2,2-4H3. The van der Waals surface area contributed by atoms with Crippen molar-refractivity contribution in [3.8, 4) is 0 Å². The predicted molar refractivity (Wildman–Crippen MR) is 51.0 cm³/mol. The molecule has 0 fully saturated rings. The van der Waals surface area contributed by atoms with Crippen LogP contribution in [0.15, 0.2) is 12.7 Å². The van der Waals surface area contributed by atoms with Gasteiger partial charge < -0.3 is 13.3 Å². The Labute approximate surface area is 75.7 Å². The Morgan fingerprint density at radius 3 is 2.25 bits per heavy atom. The summed E-state index contributed by atoms with van der Waals surface area (Å²) in [4.78, 5) is 0. The van der Waals surface area contributed by atoms with E-state index in [2.05, 4.69) is 6.58 Å². The van der Waals surface area contributed by atoms with Crippen molar-refractivity contribution in [2.75, 3.05) is 20.8 Å². The van der Waals surface area contributed by atoms with Crippen LogP contribution in [0.4, 0.5) is 0 Å². The highest BCUT2D eigenvalue weighted by Crippen LogP contribution is 2.15. The Morgan fingerprint density at radius 2 is 1.92 bits per heavy atom. The van der Waals surface area contributed by atoms with Crippen LogP contribution in [0, 0.1) is 0 Å². The monoisotopic (exact) mass is 190 g/mol. The van der Waals surface area contributed by atoms with Crippen LogP contribution in [-0.2, 0) is 13.3 Å². The molecule has 0 saturated heterocycles. The van der Waals surface area contributed by atoms with Gasteiger partial charge in [0.2, 0.25) is 0 Å². The minimum absolute atomic E-state index is 0.630. The molecular formula is C8H18O3Si. The van der Waals surface area contributed by atoms with Crippen molar-refractivity contribution in [2.45, 2.75) is 19.4 Å². The van der Waals surface area contributed by atoms with E-state index in [1.54, 1.807) is 14.2 Å². The Morgan fingerprint density at radius 1 is 1.33 bits per heavy atom. The van der Waals surface area contributed by atoms with E-state index >= 15 is 0 Å². The SMILES string of the molecule is C=CCC[Si](OC)(OC)OCC. The second-order valence-electron chi connectivity index (χ2n) is 2.35. The molecule has 0 aliphatic rings. The highest BCUT2D eigenvalue weighted by molar-refractivity contribution is 6.60. The molecule has 0 amide bonds. The van der Waals surface area contributed by atoms with Crippen LogP contribution in [0.5, 0.6) is 0 Å². The van der Waals surface area contributed by atoms with Gasteiger partial charge in [-0.1, -0.05) is 6.08 Å². The summed E-state index contributed by atoms with van der Waals surface area (Å²) >= 11 is 0. The second-order valence-corrected chi connectivity index (χ2v) is 5.32. The molecule has 0 aromatic rings. The first kappa shape index (κ1) is 11.8. The van der Waals surface area contributed by atoms with E-state index in [9.17, 15) is 0 Å². The number of hydrogen-bond donors (Lipinski definition) is 0. The molecule has 0 N–H and O–H groups in total. The van der Waals surface area contributed by atoms with Gasteiger partial charge in [-0.15, -0.1) is 6.58 Å². The molecule has 0 heterocycles. The summed E-state index contributed by atoms with van der Waals surface area (Å²) in [5, 5.41) is 0. The summed E-state index contributed by atoms with van der Waals surface area (Å²) in [5.41, 5.74) is 0. The van der Waals surface area contributed by atoms with E-state index in [0.717, 1.165) is 12.5 Å². The van der Waals surface area contributed by atoms with Crippen LogP contribution in [-0.4, -0.2) is 29.6 Å². The minimum atomic E-state index is -2.34. The largest absolute Gasteiger partial charge is 0.500 e. The minimum Gasteiger partial charge on any atom is -0.377 e. The van der Waals surface area contributed by atoms with Gasteiger partial charge in [0.25, 0.3) is 0 Å². The van der Waals surface area contributed by atoms with Gasteiger partial charge in [-0.2, -0.15) is 0 Å². The van der Waals surface area contributed by atoms with E-state index < -0.39 is 8.80 Å². The fourth-order valence-electron chi connectivity index (χ4n) is 0.976. The summed E-state index contributed by atoms with van der Waals surface area (Å²) < 4.78 is 16.0. The molecule has 0 aromatic carbocycles. The van der Waals surface area contributed by atoms with E-state index in [-0.39, 0.29) is 0 Å². The fourth-order valence-corrected chi connectivity index (χ4v) is 2.93. The zero-order chi connectivity index (χ0) is 9.45. The first-order valence-corrected chi connectivity index (χ1v) is 6.03. The van der Waals surface area contributed by atoms with Crippen LogP contribution in [0.3, 0.4) is 0 Å². The van der Waals surface area contributed by atoms with Crippen LogP contribution in [0.25, 0.3) is 0 Å². The van der Waals surface area contributed by atoms with Crippen LogP contribution in [0.1, 0.15) is 13.3 Å². The number of rotatable bonds is 7. The average molecular weight is 190 g/mol. The molecule has 4 heteroatoms. The van der Waals surface area contributed by atoms with Gasteiger partial charge in [0.1, 0.15) is 0 Å². The zero-order valence-corrected chi connectivity index (χ0v) is 9.13. The van der Waals surface area contributed by atoms with Crippen molar-refractivity contribution in [1.82, 2.24) is 0 Å². The maximum Gasteiger partial charge on any atom is 0.500 e. The lowest BCUT2D eigenvalue weighted by Crippen LogP contribution is -2.43. The van der Waals surface area contributed by atoms with Crippen LogP contribution in [0.2, 0.25) is 6.04 Å². The number of allylic oxidation sites excluding steroid dienone is 1. The molecule has 0 unspecified atom stereocenters. The average Bonchev–Trinajstić information content (AvgIpc) is 2.13. The smallest absolute Gasteiger partial charge is 0.377 e. The summed E-state index contributed by atoms with van der Waals surface area (Å²) in [6.45, 7) is 6.22. The topological polar surface area (TPSA) is 27.7 Å². The van der Waals surface area contributed by atoms with Crippen molar-refractivity contribution >= 4 is 8.80 Å². The van der Waals surface area contributed by atoms with Gasteiger partial charge >= 0.3 is 8.80 Å². The van der Waals surface area contributed by atoms with Crippen molar-refractivity contribution in [3.63, 3.8) is 0 Å². The van der Waals surface area contributed by atoms with E-state index in [1.807, 2.05) is 13.0 Å². The first-order valence-electron chi connectivity index (χ1n) is 4.09. The van der Waals surface area contributed by atoms with Crippen molar-refractivity contribution in [2.24, 2.45) is 0 Å². The molecule has 72 valence electrons. The summed E-state index contributed by atoms with van der Waals surface area (Å²) in [6.07, 6.45) is 2.71. The summed E-state index contributed by atoms with van der Waals surface area (Å²) in [6, 6.07) is 0.803. The van der Waals surface area contributed by atoms with E-state index in [4.69, 9.17) is 13.3 Å². The molecule has 0 radical (unpaired) electrons. The van der Waals surface area contributed by atoms with Crippen molar-refractivity contribution in [1.29, 1.82) is 0 Å². The van der Waals surface area contributed by atoms with Crippen molar-refractivity contribution < 1.29 is 13.3 Å². The predicted octanol–water partition coefficient (Wildman–Crippen LogP) is 1.83. The molecule has 0 spiro atoms. The first-order chi connectivity index (χ1) is 5.74. The molecule has 0 aliphatic carbocycles. The van der Waals surface area contributed by atoms with Crippen molar-refractivity contribution in [3.05, 3.63) is 12.7 Å². The Hall–Kier alpha value is -0.163. The maximum absolute atomic E-state index is 5.48. The molecule has 0 rings (SSSR count). The molecule has 0 aliphatic heterocycles. The zero-order valence-electron chi connectivity index (χ0n) is 8.13. The van der Waals surface area contributed by atoms with Gasteiger partial charge in [-0.05, 0) is 13.3 Å². The van der Waals surface area contributed by atoms with Gasteiger partial charge in [0, 0.05) is 26.9 Å². The van der Waals surface area contributed by atoms with Gasteiger partial charge in [-0.25, -0.2) is 0 Å². The summed E-state index contributed by atoms with van der Waals surface area (Å²) in [5.74, 6) is 0. The lowest BCUT2D eigenvalue weighted by Gasteiger charge is -2.25. The second kappa shape index (κ2) is 6.36. The molecule has 0 atom stereocenters.